The second-order valence-electron chi connectivity index (χ2n) is 4.51. The maximum atomic E-state index is 5.17. The summed E-state index contributed by atoms with van der Waals surface area (Å²) in [6.45, 7) is 2.05. The molecule has 0 bridgehead atoms. The molecule has 0 spiro atoms. The van der Waals surface area contributed by atoms with Gasteiger partial charge in [-0.25, -0.2) is 4.98 Å². The molecule has 0 aliphatic rings. The van der Waals surface area contributed by atoms with Crippen LogP contribution in [0.3, 0.4) is 0 Å². The third-order valence-electron chi connectivity index (χ3n) is 3.21. The van der Waals surface area contributed by atoms with Gasteiger partial charge < -0.3 is 10.1 Å². The van der Waals surface area contributed by atoms with E-state index in [0.717, 1.165) is 23.6 Å². The Morgan fingerprint density at radius 3 is 2.58 bits per heavy atom. The van der Waals surface area contributed by atoms with Gasteiger partial charge in [0.25, 0.3) is 0 Å². The quantitative estimate of drug-likeness (QED) is 0.878. The summed E-state index contributed by atoms with van der Waals surface area (Å²) in [6.07, 6.45) is 4.10. The molecule has 2 aromatic rings. The van der Waals surface area contributed by atoms with Crippen molar-refractivity contribution in [2.24, 2.45) is 0 Å². The molecule has 1 N–H and O–H groups in total. The van der Waals surface area contributed by atoms with Gasteiger partial charge in [0, 0.05) is 17.1 Å². The number of nitrogens with zero attached hydrogens (tertiary/aromatic N) is 1. The van der Waals surface area contributed by atoms with Gasteiger partial charge in [-0.15, -0.1) is 11.3 Å². The predicted octanol–water partition coefficient (Wildman–Crippen LogP) is 3.35. The van der Waals surface area contributed by atoms with E-state index in [4.69, 9.17) is 4.74 Å². The van der Waals surface area contributed by atoms with Gasteiger partial charge in [0.2, 0.25) is 0 Å². The summed E-state index contributed by atoms with van der Waals surface area (Å²) in [5.74, 6) is 0.909. The van der Waals surface area contributed by atoms with Crippen LogP contribution in [0.2, 0.25) is 0 Å². The smallest absolute Gasteiger partial charge is 0.118 e. The van der Waals surface area contributed by atoms with E-state index >= 15 is 0 Å². The predicted molar refractivity (Wildman–Crippen MR) is 80.0 cm³/mol. The lowest BCUT2D eigenvalue weighted by atomic mass is 10.0. The SMILES string of the molecule is CNC(CCc1ccc(OC)cc1)c1cnc(C)s1. The van der Waals surface area contributed by atoms with Crippen molar-refractivity contribution in [1.29, 1.82) is 0 Å². The summed E-state index contributed by atoms with van der Waals surface area (Å²) in [7, 11) is 3.70. The number of ether oxygens (including phenoxy) is 1. The summed E-state index contributed by atoms with van der Waals surface area (Å²) in [6, 6.07) is 8.67. The fraction of sp³-hybridized carbons (Fsp3) is 0.400. The van der Waals surface area contributed by atoms with Gasteiger partial charge in [-0.05, 0) is 44.5 Å². The summed E-state index contributed by atoms with van der Waals surface area (Å²) in [5.41, 5.74) is 1.34. The van der Waals surface area contributed by atoms with Crippen LogP contribution in [0.25, 0.3) is 0 Å². The Hall–Kier alpha value is -1.39. The second-order valence-corrected chi connectivity index (χ2v) is 5.78. The maximum absolute atomic E-state index is 5.17. The first-order valence-corrected chi connectivity index (χ1v) is 7.27. The van der Waals surface area contributed by atoms with Crippen LogP contribution in [0.15, 0.2) is 30.5 Å². The zero-order valence-electron chi connectivity index (χ0n) is 11.6. The van der Waals surface area contributed by atoms with Gasteiger partial charge in [0.1, 0.15) is 5.75 Å². The molecule has 0 aliphatic heterocycles. The van der Waals surface area contributed by atoms with E-state index in [2.05, 4.69) is 22.4 Å². The Bertz CT molecular complexity index is 507. The lowest BCUT2D eigenvalue weighted by molar-refractivity contribution is 0.414. The molecular formula is C15H20N2OS. The van der Waals surface area contributed by atoms with E-state index in [1.807, 2.05) is 32.3 Å². The molecule has 1 unspecified atom stereocenters. The van der Waals surface area contributed by atoms with Gasteiger partial charge in [0.05, 0.1) is 12.1 Å². The second kappa shape index (κ2) is 6.68. The third kappa shape index (κ3) is 3.78. The van der Waals surface area contributed by atoms with Crippen molar-refractivity contribution < 1.29 is 4.74 Å². The minimum atomic E-state index is 0.383. The third-order valence-corrected chi connectivity index (χ3v) is 4.24. The van der Waals surface area contributed by atoms with Crippen LogP contribution in [0, 0.1) is 6.92 Å². The van der Waals surface area contributed by atoms with Crippen molar-refractivity contribution in [3.63, 3.8) is 0 Å². The minimum absolute atomic E-state index is 0.383. The highest BCUT2D eigenvalue weighted by Gasteiger charge is 2.12. The molecule has 0 amide bonds. The van der Waals surface area contributed by atoms with E-state index in [9.17, 15) is 0 Å². The first-order chi connectivity index (χ1) is 9.22. The summed E-state index contributed by atoms with van der Waals surface area (Å²) in [4.78, 5) is 5.64. The molecule has 3 nitrogen and oxygen atoms in total. The van der Waals surface area contributed by atoms with Gasteiger partial charge >= 0.3 is 0 Å². The number of methoxy groups -OCH3 is 1. The molecule has 1 aromatic carbocycles. The molecule has 1 heterocycles. The molecule has 102 valence electrons. The number of nitrogens with one attached hydrogen (secondary N) is 1. The molecule has 19 heavy (non-hydrogen) atoms. The number of hydrogen-bond acceptors (Lipinski definition) is 4. The number of rotatable bonds is 6. The van der Waals surface area contributed by atoms with Gasteiger partial charge in [-0.3, -0.25) is 0 Å². The molecule has 0 saturated heterocycles. The van der Waals surface area contributed by atoms with Crippen LogP contribution in [-0.4, -0.2) is 19.1 Å². The Kier molecular flexibility index (Phi) is 4.93. The number of benzene rings is 1. The van der Waals surface area contributed by atoms with Gasteiger partial charge in [-0.1, -0.05) is 12.1 Å². The first kappa shape index (κ1) is 14.0. The highest BCUT2D eigenvalue weighted by molar-refractivity contribution is 7.11. The molecule has 0 fully saturated rings. The van der Waals surface area contributed by atoms with Crippen molar-refractivity contribution in [1.82, 2.24) is 10.3 Å². The molecule has 0 saturated carbocycles. The van der Waals surface area contributed by atoms with Crippen molar-refractivity contribution in [2.75, 3.05) is 14.2 Å². The normalized spacial score (nSPS) is 12.4. The lowest BCUT2D eigenvalue weighted by Gasteiger charge is -2.14. The van der Waals surface area contributed by atoms with Crippen LogP contribution in [-0.2, 0) is 6.42 Å². The maximum Gasteiger partial charge on any atom is 0.118 e. The fourth-order valence-corrected chi connectivity index (χ4v) is 3.00. The van der Waals surface area contributed by atoms with Crippen molar-refractivity contribution in [2.45, 2.75) is 25.8 Å². The lowest BCUT2D eigenvalue weighted by Crippen LogP contribution is -2.15. The van der Waals surface area contributed by atoms with Gasteiger partial charge in [0.15, 0.2) is 0 Å². The summed E-state index contributed by atoms with van der Waals surface area (Å²) >= 11 is 1.77. The number of aryl methyl sites for hydroxylation is 2. The Morgan fingerprint density at radius 1 is 1.32 bits per heavy atom. The fourth-order valence-electron chi connectivity index (χ4n) is 2.07. The molecule has 1 atom stereocenters. The topological polar surface area (TPSA) is 34.1 Å². The van der Waals surface area contributed by atoms with E-state index in [0.29, 0.717) is 6.04 Å². The zero-order valence-corrected chi connectivity index (χ0v) is 12.5. The minimum Gasteiger partial charge on any atom is -0.497 e. The monoisotopic (exact) mass is 276 g/mol. The number of aromatic nitrogens is 1. The van der Waals surface area contributed by atoms with Crippen LogP contribution in [0.4, 0.5) is 0 Å². The Morgan fingerprint density at radius 2 is 2.05 bits per heavy atom. The van der Waals surface area contributed by atoms with Crippen LogP contribution < -0.4 is 10.1 Å². The van der Waals surface area contributed by atoms with Crippen LogP contribution >= 0.6 is 11.3 Å². The van der Waals surface area contributed by atoms with Crippen molar-refractivity contribution >= 4 is 11.3 Å². The van der Waals surface area contributed by atoms with Crippen molar-refractivity contribution in [3.05, 3.63) is 45.9 Å². The van der Waals surface area contributed by atoms with Crippen LogP contribution in [0.1, 0.15) is 27.9 Å². The molecular weight excluding hydrogens is 256 g/mol. The summed E-state index contributed by atoms with van der Waals surface area (Å²) in [5, 5.41) is 4.49. The molecule has 1 aromatic heterocycles. The largest absolute Gasteiger partial charge is 0.497 e. The summed E-state index contributed by atoms with van der Waals surface area (Å²) < 4.78 is 5.17. The van der Waals surface area contributed by atoms with E-state index in [1.54, 1.807) is 18.4 Å². The molecule has 2 rings (SSSR count). The standard InChI is InChI=1S/C15H20N2OS/c1-11-17-10-15(19-11)14(16-2)9-6-12-4-7-13(18-3)8-5-12/h4-5,7-8,10,14,16H,6,9H2,1-3H3. The van der Waals surface area contributed by atoms with Crippen molar-refractivity contribution in [3.8, 4) is 5.75 Å². The average molecular weight is 276 g/mol. The van der Waals surface area contributed by atoms with E-state index in [-0.39, 0.29) is 0 Å². The highest BCUT2D eigenvalue weighted by atomic mass is 32.1. The first-order valence-electron chi connectivity index (χ1n) is 6.45. The average Bonchev–Trinajstić information content (AvgIpc) is 2.87. The van der Waals surface area contributed by atoms with E-state index in [1.165, 1.54) is 10.4 Å². The zero-order chi connectivity index (χ0) is 13.7. The van der Waals surface area contributed by atoms with E-state index < -0.39 is 0 Å². The number of hydrogen-bond donors (Lipinski definition) is 1. The Labute approximate surface area is 118 Å². The molecule has 4 heteroatoms. The highest BCUT2D eigenvalue weighted by Crippen LogP contribution is 2.24. The van der Waals surface area contributed by atoms with Gasteiger partial charge in [-0.2, -0.15) is 0 Å². The molecule has 0 aliphatic carbocycles. The Balaban J connectivity index is 1.95. The number of thiazole rings is 1. The molecule has 0 radical (unpaired) electrons. The van der Waals surface area contributed by atoms with Crippen LogP contribution in [0.5, 0.6) is 5.75 Å².